The lowest BCUT2D eigenvalue weighted by Gasteiger charge is -2.23. The molecule has 1 rings (SSSR count). The van der Waals surface area contributed by atoms with Gasteiger partial charge in [0.1, 0.15) is 0 Å². The lowest BCUT2D eigenvalue weighted by atomic mass is 10.1. The van der Waals surface area contributed by atoms with Crippen molar-refractivity contribution in [3.63, 3.8) is 0 Å². The Kier molecular flexibility index (Phi) is 3.59. The Labute approximate surface area is 89.2 Å². The normalized spacial score (nSPS) is 21.9. The summed E-state index contributed by atoms with van der Waals surface area (Å²) in [5, 5.41) is 0. The number of alkyl halides is 4. The maximum atomic E-state index is 12.1. The van der Waals surface area contributed by atoms with Crippen molar-refractivity contribution in [3.8, 4) is 0 Å². The van der Waals surface area contributed by atoms with Gasteiger partial charge in [-0.05, 0) is 12.8 Å². The summed E-state index contributed by atoms with van der Waals surface area (Å²) in [5.41, 5.74) is 0. The molecule has 0 bridgehead atoms. The number of ketones is 1. The number of hydrogen-bond acceptors (Lipinski definition) is 2. The summed E-state index contributed by atoms with van der Waals surface area (Å²) < 4.78 is 36.3. The van der Waals surface area contributed by atoms with Gasteiger partial charge in [-0.15, -0.1) is 11.6 Å². The van der Waals surface area contributed by atoms with Gasteiger partial charge in [0.15, 0.2) is 5.78 Å². The van der Waals surface area contributed by atoms with Crippen LogP contribution in [-0.2, 0) is 9.59 Å². The molecule has 1 aliphatic heterocycles. The number of likely N-dealkylation sites (tertiary alicyclic amines) is 1. The van der Waals surface area contributed by atoms with Crippen LogP contribution in [0.2, 0.25) is 0 Å². The van der Waals surface area contributed by atoms with Crippen LogP contribution in [0.15, 0.2) is 0 Å². The Balaban J connectivity index is 2.77. The fraction of sp³-hybridized carbons (Fsp3) is 0.750. The van der Waals surface area contributed by atoms with Gasteiger partial charge in [0.2, 0.25) is 0 Å². The second kappa shape index (κ2) is 4.38. The molecule has 0 radical (unpaired) electrons. The fourth-order valence-electron chi connectivity index (χ4n) is 1.60. The number of carbonyl (C=O) groups excluding carboxylic acids is 2. The monoisotopic (exact) mass is 243 g/mol. The molecular weight excluding hydrogens is 235 g/mol. The van der Waals surface area contributed by atoms with Gasteiger partial charge in [-0.2, -0.15) is 13.2 Å². The molecule has 15 heavy (non-hydrogen) atoms. The molecular formula is C8H9ClF3NO2. The first-order valence-corrected chi connectivity index (χ1v) is 4.88. The van der Waals surface area contributed by atoms with Crippen molar-refractivity contribution in [2.24, 2.45) is 0 Å². The molecule has 1 unspecified atom stereocenters. The molecule has 0 aromatic carbocycles. The maximum absolute atomic E-state index is 12.1. The minimum Gasteiger partial charge on any atom is -0.325 e. The van der Waals surface area contributed by atoms with E-state index in [1.165, 1.54) is 0 Å². The zero-order chi connectivity index (χ0) is 11.6. The summed E-state index contributed by atoms with van der Waals surface area (Å²) in [6.07, 6.45) is -4.27. The van der Waals surface area contributed by atoms with Crippen LogP contribution in [0.5, 0.6) is 0 Å². The van der Waals surface area contributed by atoms with Gasteiger partial charge in [0.05, 0.1) is 11.9 Å². The van der Waals surface area contributed by atoms with E-state index in [9.17, 15) is 22.8 Å². The number of hydrogen-bond donors (Lipinski definition) is 0. The van der Waals surface area contributed by atoms with Crippen molar-refractivity contribution in [1.82, 2.24) is 4.90 Å². The van der Waals surface area contributed by atoms with Crippen LogP contribution in [0, 0.1) is 0 Å². The van der Waals surface area contributed by atoms with Crippen LogP contribution >= 0.6 is 11.6 Å². The molecule has 0 saturated carbocycles. The van der Waals surface area contributed by atoms with Gasteiger partial charge in [0.25, 0.3) is 0 Å². The molecule has 0 aromatic rings. The Morgan fingerprint density at radius 1 is 1.40 bits per heavy atom. The van der Waals surface area contributed by atoms with Gasteiger partial charge in [-0.3, -0.25) is 9.59 Å². The van der Waals surface area contributed by atoms with Crippen LogP contribution in [0.25, 0.3) is 0 Å². The second-order valence-electron chi connectivity index (χ2n) is 3.25. The van der Waals surface area contributed by atoms with E-state index in [2.05, 4.69) is 0 Å². The van der Waals surface area contributed by atoms with Crippen molar-refractivity contribution >= 4 is 23.3 Å². The average molecular weight is 244 g/mol. The van der Waals surface area contributed by atoms with E-state index in [0.717, 1.165) is 0 Å². The van der Waals surface area contributed by atoms with Crippen LogP contribution in [0.1, 0.15) is 12.8 Å². The smallest absolute Gasteiger partial charge is 0.325 e. The third-order valence-electron chi connectivity index (χ3n) is 2.26. The highest BCUT2D eigenvalue weighted by Gasteiger charge is 2.47. The molecule has 7 heteroatoms. The largest absolute Gasteiger partial charge is 0.471 e. The molecule has 1 heterocycles. The molecule has 1 aliphatic rings. The second-order valence-corrected chi connectivity index (χ2v) is 3.52. The highest BCUT2D eigenvalue weighted by molar-refractivity contribution is 6.28. The topological polar surface area (TPSA) is 37.4 Å². The van der Waals surface area contributed by atoms with Gasteiger partial charge in [-0.25, -0.2) is 0 Å². The van der Waals surface area contributed by atoms with Crippen molar-refractivity contribution in [2.75, 3.05) is 12.4 Å². The first-order chi connectivity index (χ1) is 6.88. The Hall–Kier alpha value is -0.780. The van der Waals surface area contributed by atoms with Crippen molar-refractivity contribution in [3.05, 3.63) is 0 Å². The predicted molar refractivity (Wildman–Crippen MR) is 46.5 cm³/mol. The van der Waals surface area contributed by atoms with Gasteiger partial charge >= 0.3 is 12.1 Å². The quantitative estimate of drug-likeness (QED) is 0.687. The molecule has 86 valence electrons. The summed E-state index contributed by atoms with van der Waals surface area (Å²) in [4.78, 5) is 22.6. The number of carbonyl (C=O) groups is 2. The van der Waals surface area contributed by atoms with E-state index in [1.807, 2.05) is 0 Å². The lowest BCUT2D eigenvalue weighted by Crippen LogP contribution is -2.47. The molecule has 1 atom stereocenters. The minimum absolute atomic E-state index is 0.0361. The molecule has 0 N–H and O–H groups in total. The summed E-state index contributed by atoms with van der Waals surface area (Å²) in [6.45, 7) is -0.0361. The highest BCUT2D eigenvalue weighted by Crippen LogP contribution is 2.26. The van der Waals surface area contributed by atoms with Crippen LogP contribution in [0.4, 0.5) is 13.2 Å². The van der Waals surface area contributed by atoms with E-state index in [0.29, 0.717) is 11.3 Å². The van der Waals surface area contributed by atoms with E-state index in [4.69, 9.17) is 11.6 Å². The van der Waals surface area contributed by atoms with E-state index in [1.54, 1.807) is 0 Å². The Morgan fingerprint density at radius 3 is 2.47 bits per heavy atom. The molecule has 0 aromatic heterocycles. The third kappa shape index (κ3) is 2.62. The number of rotatable bonds is 2. The lowest BCUT2D eigenvalue weighted by molar-refractivity contribution is -0.186. The van der Waals surface area contributed by atoms with Gasteiger partial charge in [-0.1, -0.05) is 0 Å². The van der Waals surface area contributed by atoms with Crippen molar-refractivity contribution in [2.45, 2.75) is 25.1 Å². The highest BCUT2D eigenvalue weighted by atomic mass is 35.5. The molecule has 1 amide bonds. The first kappa shape index (κ1) is 12.3. The Morgan fingerprint density at radius 2 is 2.00 bits per heavy atom. The van der Waals surface area contributed by atoms with E-state index >= 15 is 0 Å². The van der Waals surface area contributed by atoms with Crippen molar-refractivity contribution in [1.29, 1.82) is 0 Å². The number of Topliss-reactive ketones (excluding diaryl/α,β-unsaturated/α-hetero) is 1. The number of nitrogens with zero attached hydrogens (tertiary/aromatic N) is 1. The molecule has 1 fully saturated rings. The van der Waals surface area contributed by atoms with E-state index < -0.39 is 23.9 Å². The third-order valence-corrected chi connectivity index (χ3v) is 2.52. The Bertz CT molecular complexity index is 280. The van der Waals surface area contributed by atoms with Gasteiger partial charge < -0.3 is 4.90 Å². The molecule has 0 spiro atoms. The zero-order valence-electron chi connectivity index (χ0n) is 7.68. The molecule has 1 saturated heterocycles. The van der Waals surface area contributed by atoms with Crippen molar-refractivity contribution < 1.29 is 22.8 Å². The summed E-state index contributed by atoms with van der Waals surface area (Å²) in [6, 6.07) is -1.00. The fourth-order valence-corrected chi connectivity index (χ4v) is 1.77. The van der Waals surface area contributed by atoms with Crippen LogP contribution in [0.3, 0.4) is 0 Å². The summed E-state index contributed by atoms with van der Waals surface area (Å²) >= 11 is 5.25. The maximum Gasteiger partial charge on any atom is 0.471 e. The number of halogens is 4. The van der Waals surface area contributed by atoms with E-state index in [-0.39, 0.29) is 18.8 Å². The molecule has 0 aliphatic carbocycles. The summed E-state index contributed by atoms with van der Waals surface area (Å²) in [7, 11) is 0. The molecule has 3 nitrogen and oxygen atoms in total. The standard InChI is InChI=1S/C8H9ClF3NO2/c9-4-6(14)5-2-1-3-13(5)7(15)8(10,11)12/h5H,1-4H2. The predicted octanol–water partition coefficient (Wildman–Crippen LogP) is 1.35. The first-order valence-electron chi connectivity index (χ1n) is 4.34. The summed E-state index contributed by atoms with van der Waals surface area (Å²) in [5.74, 6) is -2.86. The van der Waals surface area contributed by atoms with Crippen LogP contribution < -0.4 is 0 Å². The number of amides is 1. The van der Waals surface area contributed by atoms with Crippen LogP contribution in [-0.4, -0.2) is 41.2 Å². The SMILES string of the molecule is O=C(CCl)C1CCCN1C(=O)C(F)(F)F. The zero-order valence-corrected chi connectivity index (χ0v) is 8.44. The van der Waals surface area contributed by atoms with Gasteiger partial charge in [0, 0.05) is 6.54 Å². The average Bonchev–Trinajstić information content (AvgIpc) is 2.62. The minimum atomic E-state index is -4.92.